The maximum absolute atomic E-state index is 3.10. The minimum absolute atomic E-state index is 0. The zero-order valence-electron chi connectivity index (χ0n) is 5.64. The van der Waals surface area contributed by atoms with Crippen LogP contribution in [0.15, 0.2) is 18.2 Å². The predicted molar refractivity (Wildman–Crippen MR) is 34.8 cm³/mol. The summed E-state index contributed by atoms with van der Waals surface area (Å²) in [6.45, 7) is 4.11. The van der Waals surface area contributed by atoms with Crippen molar-refractivity contribution in [2.75, 3.05) is 0 Å². The van der Waals surface area contributed by atoms with Crippen LogP contribution in [0.4, 0.5) is 0 Å². The van der Waals surface area contributed by atoms with Gasteiger partial charge in [0.15, 0.2) is 0 Å². The molecule has 0 aliphatic rings. The average Bonchev–Trinajstić information content (AvgIpc) is 1.77. The molecule has 0 N–H and O–H groups in total. The SMILES string of the molecule is Cc1[c-]cc(C)cc1.[W]. The van der Waals surface area contributed by atoms with E-state index < -0.39 is 0 Å². The van der Waals surface area contributed by atoms with Crippen LogP contribution in [0.5, 0.6) is 0 Å². The van der Waals surface area contributed by atoms with Gasteiger partial charge >= 0.3 is 0 Å². The fourth-order valence-corrected chi connectivity index (χ4v) is 0.580. The first kappa shape index (κ1) is 8.91. The van der Waals surface area contributed by atoms with E-state index in [9.17, 15) is 0 Å². The third kappa shape index (κ3) is 2.81. The molecule has 9 heavy (non-hydrogen) atoms. The molecule has 0 aromatic heterocycles. The Morgan fingerprint density at radius 2 is 1.89 bits per heavy atom. The Labute approximate surface area is 70.5 Å². The normalized spacial score (nSPS) is 8.22. The van der Waals surface area contributed by atoms with Crippen LogP contribution in [0.25, 0.3) is 0 Å². The zero-order valence-corrected chi connectivity index (χ0v) is 8.57. The van der Waals surface area contributed by atoms with Gasteiger partial charge in [0.05, 0.1) is 0 Å². The van der Waals surface area contributed by atoms with E-state index in [1.807, 2.05) is 13.0 Å². The summed E-state index contributed by atoms with van der Waals surface area (Å²) >= 11 is 0. The summed E-state index contributed by atoms with van der Waals surface area (Å²) in [5.41, 5.74) is 2.48. The maximum Gasteiger partial charge on any atom is 0 e. The van der Waals surface area contributed by atoms with Gasteiger partial charge in [-0.3, -0.25) is 0 Å². The van der Waals surface area contributed by atoms with Crippen molar-refractivity contribution in [3.05, 3.63) is 35.4 Å². The van der Waals surface area contributed by atoms with Crippen molar-refractivity contribution in [3.63, 3.8) is 0 Å². The summed E-state index contributed by atoms with van der Waals surface area (Å²) in [6.07, 6.45) is 0. The fourth-order valence-electron chi connectivity index (χ4n) is 0.580. The van der Waals surface area contributed by atoms with Gasteiger partial charge in [-0.05, 0) is 0 Å². The van der Waals surface area contributed by atoms with Gasteiger partial charge in [-0.15, -0.1) is 0 Å². The number of aryl methyl sites for hydroxylation is 2. The molecule has 1 heteroatoms. The molecule has 0 nitrogen and oxygen atoms in total. The van der Waals surface area contributed by atoms with Gasteiger partial charge in [0, 0.05) is 21.1 Å². The summed E-state index contributed by atoms with van der Waals surface area (Å²) in [5.74, 6) is 0. The second-order valence-electron chi connectivity index (χ2n) is 2.05. The van der Waals surface area contributed by atoms with Gasteiger partial charge in [-0.1, -0.05) is 13.8 Å². The van der Waals surface area contributed by atoms with Crippen molar-refractivity contribution in [2.45, 2.75) is 13.8 Å². The monoisotopic (exact) mass is 289 g/mol. The van der Waals surface area contributed by atoms with Crippen LogP contribution in [0.2, 0.25) is 0 Å². The minimum atomic E-state index is 0. The first-order valence-electron chi connectivity index (χ1n) is 2.74. The molecule has 0 aliphatic carbocycles. The van der Waals surface area contributed by atoms with Crippen LogP contribution in [-0.2, 0) is 21.1 Å². The second kappa shape index (κ2) is 3.84. The molecule has 1 aromatic rings. The molecule has 0 saturated heterocycles. The smallest absolute Gasteiger partial charge is 0 e. The van der Waals surface area contributed by atoms with Crippen LogP contribution in [0.1, 0.15) is 11.1 Å². The Kier molecular flexibility index (Phi) is 3.81. The molecule has 0 unspecified atom stereocenters. The van der Waals surface area contributed by atoms with Crippen LogP contribution >= 0.6 is 0 Å². The molecule has 0 bridgehead atoms. The van der Waals surface area contributed by atoms with Gasteiger partial charge < -0.3 is 0 Å². The van der Waals surface area contributed by atoms with Gasteiger partial charge in [0.25, 0.3) is 0 Å². The third-order valence-electron chi connectivity index (χ3n) is 1.12. The van der Waals surface area contributed by atoms with Gasteiger partial charge in [-0.2, -0.15) is 35.4 Å². The largest absolute Gasteiger partial charge is 0.180 e. The molecule has 0 saturated carbocycles. The van der Waals surface area contributed by atoms with E-state index in [0.29, 0.717) is 0 Å². The predicted octanol–water partition coefficient (Wildman–Crippen LogP) is 2.10. The Balaban J connectivity index is 0.000000640. The molecular formula is C8H9W-. The standard InChI is InChI=1S/C8H9.W/c1-7-3-5-8(2)6-4-7;/h3-5H,1-2H3;/q-1;. The third-order valence-corrected chi connectivity index (χ3v) is 1.12. The summed E-state index contributed by atoms with van der Waals surface area (Å²) in [4.78, 5) is 0. The van der Waals surface area contributed by atoms with Crippen LogP contribution in [-0.4, -0.2) is 0 Å². The summed E-state index contributed by atoms with van der Waals surface area (Å²) in [7, 11) is 0. The first-order chi connectivity index (χ1) is 3.79. The van der Waals surface area contributed by atoms with E-state index in [1.54, 1.807) is 0 Å². The van der Waals surface area contributed by atoms with Gasteiger partial charge in [0.2, 0.25) is 0 Å². The zero-order chi connectivity index (χ0) is 5.98. The number of hydrogen-bond donors (Lipinski definition) is 0. The van der Waals surface area contributed by atoms with Crippen molar-refractivity contribution in [2.24, 2.45) is 0 Å². The minimum Gasteiger partial charge on any atom is -0.180 e. The van der Waals surface area contributed by atoms with E-state index in [-0.39, 0.29) is 21.1 Å². The molecule has 0 radical (unpaired) electrons. The van der Waals surface area contributed by atoms with Gasteiger partial charge in [0.1, 0.15) is 0 Å². The molecule has 0 spiro atoms. The van der Waals surface area contributed by atoms with E-state index in [1.165, 1.54) is 11.1 Å². The van der Waals surface area contributed by atoms with Crippen LogP contribution in [0.3, 0.4) is 0 Å². The summed E-state index contributed by atoms with van der Waals surface area (Å²) < 4.78 is 0. The molecule has 0 aliphatic heterocycles. The van der Waals surface area contributed by atoms with Crippen molar-refractivity contribution < 1.29 is 21.1 Å². The molecule has 0 amide bonds. The molecular weight excluding hydrogens is 280 g/mol. The fraction of sp³-hybridized carbons (Fsp3) is 0.250. The van der Waals surface area contributed by atoms with Crippen molar-refractivity contribution in [1.82, 2.24) is 0 Å². The number of rotatable bonds is 0. The first-order valence-corrected chi connectivity index (χ1v) is 2.74. The summed E-state index contributed by atoms with van der Waals surface area (Å²) in [5, 5.41) is 0. The van der Waals surface area contributed by atoms with Gasteiger partial charge in [-0.25, -0.2) is 0 Å². The van der Waals surface area contributed by atoms with Crippen LogP contribution < -0.4 is 0 Å². The molecule has 0 atom stereocenters. The van der Waals surface area contributed by atoms with Crippen molar-refractivity contribution >= 4 is 0 Å². The Bertz CT molecular complexity index is 143. The Morgan fingerprint density at radius 1 is 1.22 bits per heavy atom. The van der Waals surface area contributed by atoms with Crippen molar-refractivity contribution in [3.8, 4) is 0 Å². The maximum atomic E-state index is 3.10. The Hall–Kier alpha value is -0.0917. The molecule has 1 aromatic carbocycles. The van der Waals surface area contributed by atoms with Crippen molar-refractivity contribution in [1.29, 1.82) is 0 Å². The van der Waals surface area contributed by atoms with E-state index >= 15 is 0 Å². The Morgan fingerprint density at radius 3 is 2.22 bits per heavy atom. The summed E-state index contributed by atoms with van der Waals surface area (Å²) in [6, 6.07) is 9.25. The van der Waals surface area contributed by atoms with E-state index in [2.05, 4.69) is 25.1 Å². The number of benzene rings is 1. The second-order valence-corrected chi connectivity index (χ2v) is 2.05. The van der Waals surface area contributed by atoms with Crippen LogP contribution in [0, 0.1) is 19.9 Å². The van der Waals surface area contributed by atoms with E-state index in [0.717, 1.165) is 0 Å². The molecule has 0 fully saturated rings. The molecule has 48 valence electrons. The average molecular weight is 289 g/mol. The molecule has 0 heterocycles. The quantitative estimate of drug-likeness (QED) is 0.642. The van der Waals surface area contributed by atoms with E-state index in [4.69, 9.17) is 0 Å². The topological polar surface area (TPSA) is 0 Å². The number of hydrogen-bond acceptors (Lipinski definition) is 0. The molecule has 1 rings (SSSR count).